The molecule has 0 unspecified atom stereocenters. The SMILES string of the molecule is O=C([O-])Cn1nnc(-c2ccc(C(F)(F)F)cc2)n1. The predicted octanol–water partition coefficient (Wildman–Crippen LogP) is 0.109. The molecule has 9 heteroatoms. The number of carboxylic acids is 1. The summed E-state index contributed by atoms with van der Waals surface area (Å²) in [5.41, 5.74) is -0.490. The largest absolute Gasteiger partial charge is 0.548 e. The van der Waals surface area contributed by atoms with Crippen molar-refractivity contribution in [2.45, 2.75) is 12.7 Å². The molecule has 0 aliphatic rings. The first-order chi connectivity index (χ1) is 8.86. The highest BCUT2D eigenvalue weighted by Gasteiger charge is 2.30. The van der Waals surface area contributed by atoms with Gasteiger partial charge in [0.25, 0.3) is 0 Å². The van der Waals surface area contributed by atoms with Gasteiger partial charge in [0, 0.05) is 5.56 Å². The zero-order valence-electron chi connectivity index (χ0n) is 9.26. The van der Waals surface area contributed by atoms with E-state index in [1.165, 1.54) is 12.1 Å². The third-order valence-corrected chi connectivity index (χ3v) is 2.19. The van der Waals surface area contributed by atoms with Gasteiger partial charge in [-0.3, -0.25) is 0 Å². The molecule has 1 heterocycles. The van der Waals surface area contributed by atoms with E-state index in [0.29, 0.717) is 5.56 Å². The normalized spacial score (nSPS) is 11.5. The Labute approximate surface area is 104 Å². The van der Waals surface area contributed by atoms with Crippen molar-refractivity contribution in [1.29, 1.82) is 0 Å². The fourth-order valence-corrected chi connectivity index (χ4v) is 1.35. The van der Waals surface area contributed by atoms with Gasteiger partial charge in [0.05, 0.1) is 11.5 Å². The lowest BCUT2D eigenvalue weighted by Crippen LogP contribution is -2.28. The molecule has 0 fully saturated rings. The Hall–Kier alpha value is -2.45. The Morgan fingerprint density at radius 3 is 2.42 bits per heavy atom. The summed E-state index contributed by atoms with van der Waals surface area (Å²) in [6.45, 7) is -0.576. The monoisotopic (exact) mass is 271 g/mol. The number of aliphatic carboxylic acids is 1. The molecular weight excluding hydrogens is 265 g/mol. The van der Waals surface area contributed by atoms with Crippen LogP contribution >= 0.6 is 0 Å². The molecular formula is C10H6F3N4O2-. The van der Waals surface area contributed by atoms with Crippen molar-refractivity contribution in [1.82, 2.24) is 20.2 Å². The van der Waals surface area contributed by atoms with Crippen LogP contribution in [0.1, 0.15) is 5.56 Å². The van der Waals surface area contributed by atoms with Crippen molar-refractivity contribution in [3.05, 3.63) is 29.8 Å². The van der Waals surface area contributed by atoms with Gasteiger partial charge in [0.15, 0.2) is 0 Å². The zero-order chi connectivity index (χ0) is 14.0. The number of hydrogen-bond acceptors (Lipinski definition) is 5. The molecule has 6 nitrogen and oxygen atoms in total. The molecule has 2 rings (SSSR count). The van der Waals surface area contributed by atoms with Crippen molar-refractivity contribution < 1.29 is 23.1 Å². The summed E-state index contributed by atoms with van der Waals surface area (Å²) in [5.74, 6) is -1.36. The number of nitrogens with zero attached hydrogens (tertiary/aromatic N) is 4. The maximum absolute atomic E-state index is 12.3. The van der Waals surface area contributed by atoms with Gasteiger partial charge in [-0.2, -0.15) is 18.0 Å². The van der Waals surface area contributed by atoms with E-state index in [2.05, 4.69) is 15.4 Å². The smallest absolute Gasteiger partial charge is 0.416 e. The molecule has 0 saturated heterocycles. The number of rotatable bonds is 3. The van der Waals surface area contributed by atoms with E-state index in [1.807, 2.05) is 0 Å². The van der Waals surface area contributed by atoms with Gasteiger partial charge in [-0.1, -0.05) is 12.1 Å². The second-order valence-electron chi connectivity index (χ2n) is 3.59. The van der Waals surface area contributed by atoms with Crippen LogP contribution in [0.5, 0.6) is 0 Å². The Morgan fingerprint density at radius 1 is 1.26 bits per heavy atom. The third kappa shape index (κ3) is 3.06. The van der Waals surface area contributed by atoms with Gasteiger partial charge >= 0.3 is 6.18 Å². The van der Waals surface area contributed by atoms with E-state index < -0.39 is 24.3 Å². The Bertz CT molecular complexity index is 592. The summed E-state index contributed by atoms with van der Waals surface area (Å²) in [4.78, 5) is 11.1. The molecule has 0 bridgehead atoms. The topological polar surface area (TPSA) is 83.7 Å². The molecule has 0 N–H and O–H groups in total. The third-order valence-electron chi connectivity index (χ3n) is 2.19. The minimum absolute atomic E-state index is 0.0370. The Morgan fingerprint density at radius 2 is 1.89 bits per heavy atom. The Balaban J connectivity index is 2.23. The summed E-state index contributed by atoms with van der Waals surface area (Å²) in [6, 6.07) is 4.13. The first kappa shape index (κ1) is 13.0. The molecule has 1 aromatic heterocycles. The van der Waals surface area contributed by atoms with Crippen molar-refractivity contribution in [3.8, 4) is 11.4 Å². The molecule has 0 aliphatic carbocycles. The zero-order valence-corrected chi connectivity index (χ0v) is 9.26. The summed E-state index contributed by atoms with van der Waals surface area (Å²) in [5, 5.41) is 21.0. The number of alkyl halides is 3. The standard InChI is InChI=1S/C10H7F3N4O2/c11-10(12,13)7-3-1-6(2-4-7)9-14-16-17(15-9)5-8(18)19/h1-4H,5H2,(H,18,19)/p-1. The van der Waals surface area contributed by atoms with Crippen LogP contribution in [0.3, 0.4) is 0 Å². The lowest BCUT2D eigenvalue weighted by Gasteiger charge is -2.05. The molecule has 0 saturated carbocycles. The predicted molar refractivity (Wildman–Crippen MR) is 53.3 cm³/mol. The summed E-state index contributed by atoms with van der Waals surface area (Å²) in [6.07, 6.45) is -4.42. The molecule has 0 spiro atoms. The second-order valence-corrected chi connectivity index (χ2v) is 3.59. The number of aromatic nitrogens is 4. The Kier molecular flexibility index (Phi) is 3.19. The fourth-order valence-electron chi connectivity index (χ4n) is 1.35. The quantitative estimate of drug-likeness (QED) is 0.791. The van der Waals surface area contributed by atoms with E-state index >= 15 is 0 Å². The highest BCUT2D eigenvalue weighted by Crippen LogP contribution is 2.30. The van der Waals surface area contributed by atoms with Crippen LogP contribution < -0.4 is 5.11 Å². The highest BCUT2D eigenvalue weighted by atomic mass is 19.4. The van der Waals surface area contributed by atoms with Gasteiger partial charge in [0.2, 0.25) is 5.82 Å². The van der Waals surface area contributed by atoms with E-state index in [4.69, 9.17) is 0 Å². The number of carboxylic acid groups (broad SMARTS) is 1. The summed E-state index contributed by atoms with van der Waals surface area (Å²) in [7, 11) is 0. The second kappa shape index (κ2) is 4.67. The van der Waals surface area contributed by atoms with Crippen molar-refractivity contribution in [2.24, 2.45) is 0 Å². The first-order valence-corrected chi connectivity index (χ1v) is 5.01. The van der Waals surface area contributed by atoms with Crippen LogP contribution in [0.25, 0.3) is 11.4 Å². The van der Waals surface area contributed by atoms with E-state index in [0.717, 1.165) is 16.9 Å². The van der Waals surface area contributed by atoms with Crippen LogP contribution in [0, 0.1) is 0 Å². The van der Waals surface area contributed by atoms with Crippen LogP contribution in [-0.2, 0) is 17.5 Å². The van der Waals surface area contributed by atoms with Gasteiger partial charge in [-0.15, -0.1) is 10.2 Å². The molecule has 0 amide bonds. The van der Waals surface area contributed by atoms with Crippen LogP contribution in [0.15, 0.2) is 24.3 Å². The maximum atomic E-state index is 12.3. The molecule has 1 aromatic carbocycles. The number of halogens is 3. The summed E-state index contributed by atoms with van der Waals surface area (Å²) < 4.78 is 37.0. The van der Waals surface area contributed by atoms with E-state index in [9.17, 15) is 23.1 Å². The number of carbonyl (C=O) groups is 1. The van der Waals surface area contributed by atoms with Crippen molar-refractivity contribution >= 4 is 5.97 Å². The van der Waals surface area contributed by atoms with Crippen molar-refractivity contribution in [2.75, 3.05) is 0 Å². The first-order valence-electron chi connectivity index (χ1n) is 5.01. The van der Waals surface area contributed by atoms with Gasteiger partial charge < -0.3 is 9.90 Å². The fraction of sp³-hybridized carbons (Fsp3) is 0.200. The van der Waals surface area contributed by atoms with Crippen LogP contribution in [0.4, 0.5) is 13.2 Å². The molecule has 19 heavy (non-hydrogen) atoms. The minimum atomic E-state index is -4.42. The lowest BCUT2D eigenvalue weighted by atomic mass is 10.1. The highest BCUT2D eigenvalue weighted by molar-refractivity contribution is 5.63. The van der Waals surface area contributed by atoms with E-state index in [1.54, 1.807) is 0 Å². The van der Waals surface area contributed by atoms with Gasteiger partial charge in [-0.05, 0) is 17.3 Å². The molecule has 2 aromatic rings. The summed E-state index contributed by atoms with van der Waals surface area (Å²) >= 11 is 0. The van der Waals surface area contributed by atoms with Crippen LogP contribution in [-0.4, -0.2) is 26.2 Å². The van der Waals surface area contributed by atoms with Crippen molar-refractivity contribution in [3.63, 3.8) is 0 Å². The molecule has 0 aliphatic heterocycles. The number of tetrazole rings is 1. The molecule has 0 radical (unpaired) electrons. The van der Waals surface area contributed by atoms with Gasteiger partial charge in [-0.25, -0.2) is 0 Å². The maximum Gasteiger partial charge on any atom is 0.416 e. The number of benzene rings is 1. The average molecular weight is 271 g/mol. The van der Waals surface area contributed by atoms with E-state index in [-0.39, 0.29) is 5.82 Å². The number of carbonyl (C=O) groups excluding carboxylic acids is 1. The average Bonchev–Trinajstić information content (AvgIpc) is 2.75. The van der Waals surface area contributed by atoms with Gasteiger partial charge in [0.1, 0.15) is 6.54 Å². The molecule has 0 atom stereocenters. The minimum Gasteiger partial charge on any atom is -0.548 e. The number of hydrogen-bond donors (Lipinski definition) is 0. The lowest BCUT2D eigenvalue weighted by molar-refractivity contribution is -0.307. The van der Waals surface area contributed by atoms with Crippen LogP contribution in [0.2, 0.25) is 0 Å². The molecule has 100 valence electrons.